The highest BCUT2D eigenvalue weighted by Gasteiger charge is 2.05. The van der Waals surface area contributed by atoms with E-state index < -0.39 is 0 Å². The maximum Gasteiger partial charge on any atom is 0.108 e. The molecule has 0 aliphatic carbocycles. The topological polar surface area (TPSA) is 17.8 Å². The summed E-state index contributed by atoms with van der Waals surface area (Å²) >= 11 is 9.58. The van der Waals surface area contributed by atoms with Crippen LogP contribution < -0.4 is 0 Å². The Bertz CT molecular complexity index is 494. The molecule has 0 unspecified atom stereocenters. The highest BCUT2D eigenvalue weighted by molar-refractivity contribution is 9.10. The number of benzene rings is 1. The third-order valence-corrected chi connectivity index (χ3v) is 3.32. The van der Waals surface area contributed by atoms with Crippen molar-refractivity contribution in [1.29, 1.82) is 0 Å². The van der Waals surface area contributed by atoms with Gasteiger partial charge in [0.1, 0.15) is 5.82 Å². The molecular weight excluding hydrogens is 288 g/mol. The smallest absolute Gasteiger partial charge is 0.108 e. The van der Waals surface area contributed by atoms with Crippen molar-refractivity contribution in [1.82, 2.24) is 9.55 Å². The van der Waals surface area contributed by atoms with Gasteiger partial charge in [-0.2, -0.15) is 0 Å². The Morgan fingerprint density at radius 2 is 2.25 bits per heavy atom. The third kappa shape index (κ3) is 2.47. The second-order valence-corrected chi connectivity index (χ2v) is 4.88. The lowest BCUT2D eigenvalue weighted by molar-refractivity contribution is 0.732. The molecule has 84 valence electrons. The molecule has 1 aromatic carbocycles. The van der Waals surface area contributed by atoms with E-state index in [4.69, 9.17) is 11.6 Å². The summed E-state index contributed by atoms with van der Waals surface area (Å²) in [6.07, 6.45) is 4.74. The lowest BCUT2D eigenvalue weighted by Gasteiger charge is -2.08. The van der Waals surface area contributed by atoms with E-state index >= 15 is 0 Å². The molecule has 0 bridgehead atoms. The molecule has 0 radical (unpaired) electrons. The molecule has 0 saturated carbocycles. The first-order valence-electron chi connectivity index (χ1n) is 5.14. The van der Waals surface area contributed by atoms with Gasteiger partial charge in [0.15, 0.2) is 0 Å². The van der Waals surface area contributed by atoms with Crippen molar-refractivity contribution in [2.24, 2.45) is 0 Å². The summed E-state index contributed by atoms with van der Waals surface area (Å²) in [7, 11) is 0. The van der Waals surface area contributed by atoms with Crippen LogP contribution in [0.15, 0.2) is 35.1 Å². The lowest BCUT2D eigenvalue weighted by atomic mass is 10.2. The van der Waals surface area contributed by atoms with E-state index in [1.807, 2.05) is 30.6 Å². The van der Waals surface area contributed by atoms with E-state index in [1.54, 1.807) is 0 Å². The zero-order valence-corrected chi connectivity index (χ0v) is 11.3. The predicted octanol–water partition coefficient (Wildman–Crippen LogP) is 3.91. The molecular formula is C12H12BrClN2. The number of hydrogen-bond acceptors (Lipinski definition) is 1. The van der Waals surface area contributed by atoms with Gasteiger partial charge >= 0.3 is 0 Å². The highest BCUT2D eigenvalue weighted by atomic mass is 79.9. The summed E-state index contributed by atoms with van der Waals surface area (Å²) in [6, 6.07) is 5.95. The van der Waals surface area contributed by atoms with Gasteiger partial charge in [0.2, 0.25) is 0 Å². The first kappa shape index (κ1) is 11.7. The predicted molar refractivity (Wildman–Crippen MR) is 69.9 cm³/mol. The van der Waals surface area contributed by atoms with E-state index in [0.29, 0.717) is 0 Å². The van der Waals surface area contributed by atoms with E-state index in [2.05, 4.69) is 32.4 Å². The van der Waals surface area contributed by atoms with Crippen LogP contribution in [0.2, 0.25) is 5.02 Å². The van der Waals surface area contributed by atoms with Crippen LogP contribution in [0.25, 0.3) is 0 Å². The van der Waals surface area contributed by atoms with Gasteiger partial charge in [0.25, 0.3) is 0 Å². The summed E-state index contributed by atoms with van der Waals surface area (Å²) in [6.45, 7) is 2.87. The van der Waals surface area contributed by atoms with Crippen LogP contribution in [-0.4, -0.2) is 9.55 Å². The Morgan fingerprint density at radius 3 is 2.94 bits per heavy atom. The molecule has 0 N–H and O–H groups in total. The molecule has 2 rings (SSSR count). The van der Waals surface area contributed by atoms with Crippen molar-refractivity contribution in [3.05, 3.63) is 51.5 Å². The van der Waals surface area contributed by atoms with Crippen LogP contribution in [0.4, 0.5) is 0 Å². The molecule has 0 aliphatic heterocycles. The SMILES string of the molecule is CCc1nccn1Cc1ccc(Br)cc1Cl. The van der Waals surface area contributed by atoms with Crippen LogP contribution in [0, 0.1) is 0 Å². The van der Waals surface area contributed by atoms with Crippen LogP contribution in [-0.2, 0) is 13.0 Å². The van der Waals surface area contributed by atoms with Gasteiger partial charge in [-0.3, -0.25) is 0 Å². The summed E-state index contributed by atoms with van der Waals surface area (Å²) < 4.78 is 3.12. The molecule has 4 heteroatoms. The first-order valence-corrected chi connectivity index (χ1v) is 6.31. The molecule has 2 aromatic rings. The number of rotatable bonds is 3. The molecule has 0 amide bonds. The fraction of sp³-hybridized carbons (Fsp3) is 0.250. The van der Waals surface area contributed by atoms with Gasteiger partial charge < -0.3 is 4.57 Å². The molecule has 0 atom stereocenters. The number of imidazole rings is 1. The van der Waals surface area contributed by atoms with Crippen molar-refractivity contribution in [2.75, 3.05) is 0 Å². The van der Waals surface area contributed by atoms with Crippen LogP contribution in [0.1, 0.15) is 18.3 Å². The molecule has 16 heavy (non-hydrogen) atoms. The van der Waals surface area contributed by atoms with Gasteiger partial charge in [-0.1, -0.05) is 40.5 Å². The minimum atomic E-state index is 0.773. The molecule has 0 spiro atoms. The minimum Gasteiger partial charge on any atom is -0.330 e. The van der Waals surface area contributed by atoms with Crippen molar-refractivity contribution >= 4 is 27.5 Å². The average molecular weight is 300 g/mol. The molecule has 0 aliphatic rings. The zero-order chi connectivity index (χ0) is 11.5. The quantitative estimate of drug-likeness (QED) is 0.840. The summed E-state index contributed by atoms with van der Waals surface area (Å²) in [5, 5.41) is 0.783. The fourth-order valence-corrected chi connectivity index (χ4v) is 2.36. The maximum absolute atomic E-state index is 6.18. The van der Waals surface area contributed by atoms with Gasteiger partial charge in [0, 0.05) is 28.3 Å². The Morgan fingerprint density at radius 1 is 1.44 bits per heavy atom. The van der Waals surface area contributed by atoms with Crippen molar-refractivity contribution in [3.63, 3.8) is 0 Å². The Kier molecular flexibility index (Phi) is 3.66. The largest absolute Gasteiger partial charge is 0.330 e. The van der Waals surface area contributed by atoms with E-state index in [9.17, 15) is 0 Å². The summed E-state index contributed by atoms with van der Waals surface area (Å²) in [5.41, 5.74) is 1.11. The Balaban J connectivity index is 2.27. The minimum absolute atomic E-state index is 0.773. The number of aromatic nitrogens is 2. The lowest BCUT2D eigenvalue weighted by Crippen LogP contribution is -2.03. The van der Waals surface area contributed by atoms with Gasteiger partial charge in [0.05, 0.1) is 6.54 Å². The molecule has 2 nitrogen and oxygen atoms in total. The second kappa shape index (κ2) is 5.02. The van der Waals surface area contributed by atoms with Gasteiger partial charge in [-0.15, -0.1) is 0 Å². The number of hydrogen-bond donors (Lipinski definition) is 0. The first-order chi connectivity index (χ1) is 7.70. The van der Waals surface area contributed by atoms with Crippen LogP contribution in [0.5, 0.6) is 0 Å². The highest BCUT2D eigenvalue weighted by Crippen LogP contribution is 2.22. The number of nitrogens with zero attached hydrogens (tertiary/aromatic N) is 2. The second-order valence-electron chi connectivity index (χ2n) is 3.56. The fourth-order valence-electron chi connectivity index (χ4n) is 1.63. The summed E-state index contributed by atoms with van der Waals surface area (Å²) in [5.74, 6) is 1.08. The Labute approximate surface area is 108 Å². The molecule has 1 heterocycles. The standard InChI is InChI=1S/C12H12BrClN2/c1-2-12-15-5-6-16(12)8-9-3-4-10(13)7-11(9)14/h3-7H,2,8H2,1H3. The Hall–Kier alpha value is -0.800. The number of halogens is 2. The third-order valence-electron chi connectivity index (χ3n) is 2.47. The van der Waals surface area contributed by atoms with Crippen LogP contribution in [0.3, 0.4) is 0 Å². The van der Waals surface area contributed by atoms with E-state index in [1.165, 1.54) is 0 Å². The van der Waals surface area contributed by atoms with Gasteiger partial charge in [-0.25, -0.2) is 4.98 Å². The monoisotopic (exact) mass is 298 g/mol. The van der Waals surface area contributed by atoms with Gasteiger partial charge in [-0.05, 0) is 17.7 Å². The molecule has 0 saturated heterocycles. The van der Waals surface area contributed by atoms with Crippen molar-refractivity contribution in [3.8, 4) is 0 Å². The maximum atomic E-state index is 6.18. The molecule has 0 fully saturated rings. The normalized spacial score (nSPS) is 10.7. The summed E-state index contributed by atoms with van der Waals surface area (Å²) in [4.78, 5) is 4.29. The van der Waals surface area contributed by atoms with E-state index in [-0.39, 0.29) is 0 Å². The van der Waals surface area contributed by atoms with Crippen molar-refractivity contribution in [2.45, 2.75) is 19.9 Å². The zero-order valence-electron chi connectivity index (χ0n) is 8.95. The molecule has 1 aromatic heterocycles. The number of aryl methyl sites for hydroxylation is 1. The van der Waals surface area contributed by atoms with Crippen LogP contribution >= 0.6 is 27.5 Å². The average Bonchev–Trinajstić information content (AvgIpc) is 2.69. The van der Waals surface area contributed by atoms with E-state index in [0.717, 1.165) is 33.8 Å². The van der Waals surface area contributed by atoms with Crippen molar-refractivity contribution < 1.29 is 0 Å².